The summed E-state index contributed by atoms with van der Waals surface area (Å²) in [5.41, 5.74) is 5.94. The van der Waals surface area contributed by atoms with Crippen molar-refractivity contribution in [2.45, 2.75) is 6.92 Å². The molecule has 0 bridgehead atoms. The molecule has 9 heteroatoms. The van der Waals surface area contributed by atoms with Gasteiger partial charge in [-0.1, -0.05) is 6.07 Å². The molecule has 0 unspecified atom stereocenters. The predicted octanol–water partition coefficient (Wildman–Crippen LogP) is -0.0848. The van der Waals surface area contributed by atoms with E-state index in [-0.39, 0.29) is 37.3 Å². The second-order valence-corrected chi connectivity index (χ2v) is 5.62. The fourth-order valence-corrected chi connectivity index (χ4v) is 2.43. The molecule has 138 valence electrons. The number of hydrogen-bond donors (Lipinski definition) is 2. The van der Waals surface area contributed by atoms with Crippen LogP contribution in [0.1, 0.15) is 15.9 Å². The van der Waals surface area contributed by atoms with Gasteiger partial charge >= 0.3 is 0 Å². The summed E-state index contributed by atoms with van der Waals surface area (Å²) in [6.45, 7) is 2.85. The third-order valence-electron chi connectivity index (χ3n) is 3.96. The molecule has 3 N–H and O–H groups in total. The first-order valence-electron chi connectivity index (χ1n) is 7.72. The summed E-state index contributed by atoms with van der Waals surface area (Å²) in [6, 6.07) is 4.40. The van der Waals surface area contributed by atoms with E-state index in [0.29, 0.717) is 37.3 Å². The fraction of sp³-hybridized carbons (Fsp3) is 0.438. The molecule has 0 spiro atoms. The highest BCUT2D eigenvalue weighted by Gasteiger charge is 2.25. The quantitative estimate of drug-likeness (QED) is 0.772. The van der Waals surface area contributed by atoms with E-state index in [2.05, 4.69) is 5.32 Å². The topological polar surface area (TPSA) is 95.7 Å². The Kier molecular flexibility index (Phi) is 7.79. The number of hydrogen-bond acceptors (Lipinski definition) is 4. The van der Waals surface area contributed by atoms with Crippen molar-refractivity contribution in [1.29, 1.82) is 0 Å². The average molecular weight is 373 g/mol. The number of nitrogens with two attached hydrogens (primary N) is 1. The number of carbonyl (C=O) groups excluding carboxylic acids is 3. The number of piperazine rings is 1. The number of carbonyl (C=O) groups is 3. The van der Waals surface area contributed by atoms with Crippen molar-refractivity contribution in [3.63, 3.8) is 0 Å². The van der Waals surface area contributed by atoms with Crippen LogP contribution in [-0.2, 0) is 9.59 Å². The Morgan fingerprint density at radius 1 is 1.16 bits per heavy atom. The van der Waals surface area contributed by atoms with Crippen molar-refractivity contribution < 1.29 is 18.8 Å². The molecular formula is C16H22ClFN4O3. The second kappa shape index (κ2) is 9.33. The van der Waals surface area contributed by atoms with Crippen LogP contribution in [0.3, 0.4) is 0 Å². The Morgan fingerprint density at radius 3 is 2.32 bits per heavy atom. The van der Waals surface area contributed by atoms with E-state index >= 15 is 0 Å². The molecular weight excluding hydrogens is 351 g/mol. The van der Waals surface area contributed by atoms with Gasteiger partial charge in [-0.25, -0.2) is 4.39 Å². The van der Waals surface area contributed by atoms with Crippen molar-refractivity contribution in [2.24, 2.45) is 5.73 Å². The van der Waals surface area contributed by atoms with E-state index in [1.165, 1.54) is 6.07 Å². The zero-order chi connectivity index (χ0) is 17.7. The highest BCUT2D eigenvalue weighted by Crippen LogP contribution is 2.13. The van der Waals surface area contributed by atoms with Crippen LogP contribution < -0.4 is 11.1 Å². The normalized spacial score (nSPS) is 13.9. The minimum absolute atomic E-state index is 0. The van der Waals surface area contributed by atoms with Crippen LogP contribution in [0.4, 0.5) is 4.39 Å². The molecule has 1 aromatic carbocycles. The molecule has 25 heavy (non-hydrogen) atoms. The lowest BCUT2D eigenvalue weighted by atomic mass is 10.1. The zero-order valence-corrected chi connectivity index (χ0v) is 14.8. The van der Waals surface area contributed by atoms with Gasteiger partial charge in [0.1, 0.15) is 5.82 Å². The number of halogens is 2. The number of benzene rings is 1. The molecule has 0 aliphatic carbocycles. The SMILES string of the molecule is Cc1ccc(C(=O)N2CCN(C(=O)CNC(=O)CN)CC2)cc1F.Cl. The second-order valence-electron chi connectivity index (χ2n) is 5.62. The van der Waals surface area contributed by atoms with Crippen molar-refractivity contribution in [3.05, 3.63) is 35.1 Å². The summed E-state index contributed by atoms with van der Waals surface area (Å²) in [5, 5.41) is 2.42. The van der Waals surface area contributed by atoms with Crippen LogP contribution >= 0.6 is 12.4 Å². The summed E-state index contributed by atoms with van der Waals surface area (Å²) >= 11 is 0. The summed E-state index contributed by atoms with van der Waals surface area (Å²) in [7, 11) is 0. The molecule has 0 atom stereocenters. The van der Waals surface area contributed by atoms with Crippen molar-refractivity contribution in [2.75, 3.05) is 39.3 Å². The third kappa shape index (κ3) is 5.40. The van der Waals surface area contributed by atoms with Gasteiger partial charge in [0.05, 0.1) is 13.1 Å². The number of nitrogens with zero attached hydrogens (tertiary/aromatic N) is 2. The molecule has 2 rings (SSSR count). The largest absolute Gasteiger partial charge is 0.346 e. The van der Waals surface area contributed by atoms with Crippen LogP contribution in [-0.4, -0.2) is 66.8 Å². The first-order valence-corrected chi connectivity index (χ1v) is 7.72. The molecule has 1 aromatic rings. The minimum atomic E-state index is -0.412. The Labute approximate surface area is 151 Å². The summed E-state index contributed by atoms with van der Waals surface area (Å²) in [6.07, 6.45) is 0. The number of aryl methyl sites for hydroxylation is 1. The first-order chi connectivity index (χ1) is 11.4. The molecule has 1 aliphatic heterocycles. The van der Waals surface area contributed by atoms with Crippen LogP contribution in [0, 0.1) is 12.7 Å². The molecule has 1 fully saturated rings. The van der Waals surface area contributed by atoms with Crippen LogP contribution in [0.25, 0.3) is 0 Å². The Bertz CT molecular complexity index is 648. The van der Waals surface area contributed by atoms with Crippen LogP contribution in [0.15, 0.2) is 18.2 Å². The van der Waals surface area contributed by atoms with Gasteiger partial charge in [-0.05, 0) is 24.6 Å². The molecule has 1 heterocycles. The lowest BCUT2D eigenvalue weighted by Gasteiger charge is -2.34. The fourth-order valence-electron chi connectivity index (χ4n) is 2.43. The molecule has 0 aromatic heterocycles. The molecule has 3 amide bonds. The van der Waals surface area contributed by atoms with Crippen LogP contribution in [0.2, 0.25) is 0 Å². The van der Waals surface area contributed by atoms with Gasteiger partial charge in [0.15, 0.2) is 0 Å². The van der Waals surface area contributed by atoms with Gasteiger partial charge in [0.2, 0.25) is 11.8 Å². The standard InChI is InChI=1S/C16H21FN4O3.ClH/c1-11-2-3-12(8-13(11)17)16(24)21-6-4-20(5-7-21)15(23)10-19-14(22)9-18;/h2-3,8H,4-7,9-10,18H2,1H3,(H,19,22);1H. The van der Waals surface area contributed by atoms with E-state index in [4.69, 9.17) is 5.73 Å². The van der Waals surface area contributed by atoms with Crippen molar-refractivity contribution in [3.8, 4) is 0 Å². The highest BCUT2D eigenvalue weighted by atomic mass is 35.5. The molecule has 0 radical (unpaired) electrons. The number of amides is 3. The summed E-state index contributed by atoms with van der Waals surface area (Å²) < 4.78 is 13.6. The maximum Gasteiger partial charge on any atom is 0.254 e. The number of rotatable bonds is 4. The average Bonchev–Trinajstić information content (AvgIpc) is 2.61. The molecule has 7 nitrogen and oxygen atoms in total. The van der Waals surface area contributed by atoms with E-state index in [1.807, 2.05) is 0 Å². The minimum Gasteiger partial charge on any atom is -0.346 e. The lowest BCUT2D eigenvalue weighted by Crippen LogP contribution is -2.52. The zero-order valence-electron chi connectivity index (χ0n) is 14.0. The van der Waals surface area contributed by atoms with E-state index in [9.17, 15) is 18.8 Å². The molecule has 1 saturated heterocycles. The summed E-state index contributed by atoms with van der Waals surface area (Å²) in [5.74, 6) is -1.27. The maximum absolute atomic E-state index is 13.6. The first kappa shape index (κ1) is 20.9. The Hall–Kier alpha value is -2.19. The highest BCUT2D eigenvalue weighted by molar-refractivity contribution is 5.94. The maximum atomic E-state index is 13.6. The Morgan fingerprint density at radius 2 is 1.76 bits per heavy atom. The number of nitrogens with one attached hydrogen (secondary N) is 1. The van der Waals surface area contributed by atoms with Crippen LogP contribution in [0.5, 0.6) is 0 Å². The monoisotopic (exact) mass is 372 g/mol. The third-order valence-corrected chi connectivity index (χ3v) is 3.96. The smallest absolute Gasteiger partial charge is 0.254 e. The van der Waals surface area contributed by atoms with Gasteiger partial charge in [-0.3, -0.25) is 14.4 Å². The van der Waals surface area contributed by atoms with Gasteiger partial charge in [-0.15, -0.1) is 12.4 Å². The van der Waals surface area contributed by atoms with Gasteiger partial charge < -0.3 is 20.9 Å². The molecule has 1 aliphatic rings. The van der Waals surface area contributed by atoms with Gasteiger partial charge in [0, 0.05) is 31.7 Å². The lowest BCUT2D eigenvalue weighted by molar-refractivity contribution is -0.133. The predicted molar refractivity (Wildman–Crippen MR) is 92.9 cm³/mol. The summed E-state index contributed by atoms with van der Waals surface area (Å²) in [4.78, 5) is 38.6. The van der Waals surface area contributed by atoms with Crippen molar-refractivity contribution >= 4 is 30.1 Å². The van der Waals surface area contributed by atoms with E-state index in [0.717, 1.165) is 0 Å². The molecule has 0 saturated carbocycles. The van der Waals surface area contributed by atoms with Gasteiger partial charge in [0.25, 0.3) is 5.91 Å². The van der Waals surface area contributed by atoms with E-state index in [1.54, 1.807) is 28.9 Å². The van der Waals surface area contributed by atoms with Crippen molar-refractivity contribution in [1.82, 2.24) is 15.1 Å². The Balaban J connectivity index is 0.00000312. The van der Waals surface area contributed by atoms with Gasteiger partial charge in [-0.2, -0.15) is 0 Å². The van der Waals surface area contributed by atoms with E-state index < -0.39 is 11.7 Å².